The summed E-state index contributed by atoms with van der Waals surface area (Å²) in [5, 5.41) is 0. The van der Waals surface area contributed by atoms with Crippen LogP contribution in [0.15, 0.2) is 24.3 Å². The van der Waals surface area contributed by atoms with Gasteiger partial charge in [0.05, 0.1) is 0 Å². The molecule has 1 heteroatoms. The lowest BCUT2D eigenvalue weighted by atomic mass is 9.80. The van der Waals surface area contributed by atoms with Crippen LogP contribution in [0.3, 0.4) is 0 Å². The summed E-state index contributed by atoms with van der Waals surface area (Å²) in [5.41, 5.74) is 8.65. The van der Waals surface area contributed by atoms with E-state index in [1.54, 1.807) is 0 Å². The Hall–Kier alpha value is -0.820. The number of hydrogen-bond acceptors (Lipinski definition) is 1. The van der Waals surface area contributed by atoms with Crippen LogP contribution in [0.5, 0.6) is 0 Å². The standard InChI is InChI=1S/C14H23N/c1-4-12-6-8-13(9-7-12)14(2,3)10-5-11-15/h6-9H,4-5,10-11,15H2,1-3H3. The van der Waals surface area contributed by atoms with Gasteiger partial charge in [0.15, 0.2) is 0 Å². The number of hydrogen-bond donors (Lipinski definition) is 1. The van der Waals surface area contributed by atoms with Gasteiger partial charge in [0.1, 0.15) is 0 Å². The van der Waals surface area contributed by atoms with Gasteiger partial charge in [0, 0.05) is 0 Å². The van der Waals surface area contributed by atoms with E-state index in [4.69, 9.17) is 5.73 Å². The fourth-order valence-electron chi connectivity index (χ4n) is 1.88. The Labute approximate surface area is 93.7 Å². The van der Waals surface area contributed by atoms with E-state index in [2.05, 4.69) is 45.0 Å². The monoisotopic (exact) mass is 205 g/mol. The average Bonchev–Trinajstić information content (AvgIpc) is 2.26. The van der Waals surface area contributed by atoms with E-state index in [1.165, 1.54) is 11.1 Å². The van der Waals surface area contributed by atoms with E-state index in [0.29, 0.717) is 0 Å². The van der Waals surface area contributed by atoms with Crippen molar-refractivity contribution in [2.75, 3.05) is 6.54 Å². The zero-order valence-corrected chi connectivity index (χ0v) is 10.2. The van der Waals surface area contributed by atoms with Crippen molar-refractivity contribution in [3.05, 3.63) is 35.4 Å². The molecule has 0 saturated carbocycles. The lowest BCUT2D eigenvalue weighted by molar-refractivity contribution is 0.465. The second kappa shape index (κ2) is 5.32. The molecule has 0 radical (unpaired) electrons. The third kappa shape index (κ3) is 3.35. The van der Waals surface area contributed by atoms with Crippen LogP contribution in [0.25, 0.3) is 0 Å². The number of rotatable bonds is 5. The second-order valence-electron chi connectivity index (χ2n) is 4.83. The average molecular weight is 205 g/mol. The quantitative estimate of drug-likeness (QED) is 0.784. The second-order valence-corrected chi connectivity index (χ2v) is 4.83. The Morgan fingerprint density at radius 2 is 1.73 bits per heavy atom. The molecular weight excluding hydrogens is 182 g/mol. The molecular formula is C14H23N. The molecule has 0 aliphatic carbocycles. The summed E-state index contributed by atoms with van der Waals surface area (Å²) in [6.07, 6.45) is 3.38. The number of aryl methyl sites for hydroxylation is 1. The van der Waals surface area contributed by atoms with E-state index >= 15 is 0 Å². The first-order chi connectivity index (χ1) is 7.10. The summed E-state index contributed by atoms with van der Waals surface area (Å²) >= 11 is 0. The highest BCUT2D eigenvalue weighted by Crippen LogP contribution is 2.28. The van der Waals surface area contributed by atoms with Crippen molar-refractivity contribution in [1.82, 2.24) is 0 Å². The molecule has 1 nitrogen and oxygen atoms in total. The van der Waals surface area contributed by atoms with Crippen LogP contribution in [0.1, 0.15) is 44.7 Å². The first-order valence-electron chi connectivity index (χ1n) is 5.89. The summed E-state index contributed by atoms with van der Waals surface area (Å²) in [6, 6.07) is 8.99. The third-order valence-corrected chi connectivity index (χ3v) is 3.15. The van der Waals surface area contributed by atoms with Crippen LogP contribution in [0, 0.1) is 0 Å². The predicted octanol–water partition coefficient (Wildman–Crippen LogP) is 3.27. The van der Waals surface area contributed by atoms with Crippen LogP contribution in [0.4, 0.5) is 0 Å². The summed E-state index contributed by atoms with van der Waals surface area (Å²) in [4.78, 5) is 0. The van der Waals surface area contributed by atoms with Crippen molar-refractivity contribution < 1.29 is 0 Å². The largest absolute Gasteiger partial charge is 0.330 e. The van der Waals surface area contributed by atoms with Crippen molar-refractivity contribution in [2.45, 2.75) is 45.4 Å². The van der Waals surface area contributed by atoms with E-state index in [-0.39, 0.29) is 5.41 Å². The molecule has 0 aliphatic rings. The maximum Gasteiger partial charge on any atom is -0.00770 e. The lowest BCUT2D eigenvalue weighted by Crippen LogP contribution is -2.18. The van der Waals surface area contributed by atoms with Gasteiger partial charge in [-0.25, -0.2) is 0 Å². The van der Waals surface area contributed by atoms with Gasteiger partial charge in [0.25, 0.3) is 0 Å². The Bertz CT molecular complexity index is 285. The minimum absolute atomic E-state index is 0.256. The SMILES string of the molecule is CCc1ccc(C(C)(C)CCCN)cc1. The van der Waals surface area contributed by atoms with Gasteiger partial charge >= 0.3 is 0 Å². The van der Waals surface area contributed by atoms with E-state index in [9.17, 15) is 0 Å². The Kier molecular flexibility index (Phi) is 4.34. The van der Waals surface area contributed by atoms with Crippen molar-refractivity contribution >= 4 is 0 Å². The van der Waals surface area contributed by atoms with Gasteiger partial charge < -0.3 is 5.73 Å². The molecule has 0 aliphatic heterocycles. The van der Waals surface area contributed by atoms with Gasteiger partial charge in [-0.15, -0.1) is 0 Å². The molecule has 0 saturated heterocycles. The third-order valence-electron chi connectivity index (χ3n) is 3.15. The highest BCUT2D eigenvalue weighted by atomic mass is 14.5. The van der Waals surface area contributed by atoms with E-state index in [1.807, 2.05) is 0 Å². The van der Waals surface area contributed by atoms with E-state index < -0.39 is 0 Å². The highest BCUT2D eigenvalue weighted by Gasteiger charge is 2.19. The van der Waals surface area contributed by atoms with Crippen LogP contribution in [-0.4, -0.2) is 6.54 Å². The Morgan fingerprint density at radius 1 is 1.13 bits per heavy atom. The minimum atomic E-state index is 0.256. The van der Waals surface area contributed by atoms with Gasteiger partial charge in [-0.1, -0.05) is 45.0 Å². The van der Waals surface area contributed by atoms with Crippen molar-refractivity contribution in [3.8, 4) is 0 Å². The van der Waals surface area contributed by atoms with Gasteiger partial charge in [0.2, 0.25) is 0 Å². The Balaban J connectivity index is 2.75. The topological polar surface area (TPSA) is 26.0 Å². The normalized spacial score (nSPS) is 11.7. The molecule has 0 amide bonds. The highest BCUT2D eigenvalue weighted by molar-refractivity contribution is 5.28. The zero-order valence-electron chi connectivity index (χ0n) is 10.2. The minimum Gasteiger partial charge on any atom is -0.330 e. The summed E-state index contributed by atoms with van der Waals surface area (Å²) in [5.74, 6) is 0. The number of benzene rings is 1. The zero-order chi connectivity index (χ0) is 11.3. The van der Waals surface area contributed by atoms with Crippen molar-refractivity contribution in [3.63, 3.8) is 0 Å². The summed E-state index contributed by atoms with van der Waals surface area (Å²) < 4.78 is 0. The molecule has 1 aromatic carbocycles. The molecule has 1 rings (SSSR count). The van der Waals surface area contributed by atoms with Crippen molar-refractivity contribution in [1.29, 1.82) is 0 Å². The van der Waals surface area contributed by atoms with Crippen LogP contribution < -0.4 is 5.73 Å². The molecule has 1 aromatic rings. The van der Waals surface area contributed by atoms with Crippen LogP contribution >= 0.6 is 0 Å². The summed E-state index contributed by atoms with van der Waals surface area (Å²) in [7, 11) is 0. The first-order valence-corrected chi connectivity index (χ1v) is 5.89. The fraction of sp³-hybridized carbons (Fsp3) is 0.571. The summed E-state index contributed by atoms with van der Waals surface area (Å²) in [6.45, 7) is 7.57. The van der Waals surface area contributed by atoms with Gasteiger partial charge in [-0.2, -0.15) is 0 Å². The van der Waals surface area contributed by atoms with Crippen LogP contribution in [-0.2, 0) is 11.8 Å². The van der Waals surface area contributed by atoms with Crippen molar-refractivity contribution in [2.24, 2.45) is 5.73 Å². The molecule has 0 unspecified atom stereocenters. The fourth-order valence-corrected chi connectivity index (χ4v) is 1.88. The maximum absolute atomic E-state index is 5.56. The number of nitrogens with two attached hydrogens (primary N) is 1. The first kappa shape index (κ1) is 12.3. The maximum atomic E-state index is 5.56. The molecule has 2 N–H and O–H groups in total. The van der Waals surface area contributed by atoms with Crippen LogP contribution in [0.2, 0.25) is 0 Å². The molecule has 0 heterocycles. The molecule has 84 valence electrons. The molecule has 0 fully saturated rings. The predicted molar refractivity (Wildman–Crippen MR) is 67.1 cm³/mol. The van der Waals surface area contributed by atoms with Gasteiger partial charge in [-0.3, -0.25) is 0 Å². The molecule has 0 aromatic heterocycles. The molecule has 0 spiro atoms. The van der Waals surface area contributed by atoms with Gasteiger partial charge in [-0.05, 0) is 42.3 Å². The molecule has 0 bridgehead atoms. The van der Waals surface area contributed by atoms with E-state index in [0.717, 1.165) is 25.8 Å². The smallest absolute Gasteiger partial charge is 0.00770 e. The molecule has 0 atom stereocenters. The Morgan fingerprint density at radius 3 is 2.20 bits per heavy atom. The lowest BCUT2D eigenvalue weighted by Gasteiger charge is -2.25. The molecule has 15 heavy (non-hydrogen) atoms.